The number of carbonyl (C=O) groups is 2. The number of hydrogen-bond acceptors (Lipinski definition) is 4. The Bertz CT molecular complexity index is 875. The van der Waals surface area contributed by atoms with Crippen LogP contribution in [0.4, 0.5) is 0 Å². The minimum absolute atomic E-state index is 0. The van der Waals surface area contributed by atoms with Gasteiger partial charge in [0.1, 0.15) is 11.5 Å². The summed E-state index contributed by atoms with van der Waals surface area (Å²) in [6.07, 6.45) is 2.45. The van der Waals surface area contributed by atoms with Crippen LogP contribution in [0.3, 0.4) is 0 Å². The van der Waals surface area contributed by atoms with Gasteiger partial charge < -0.3 is 21.4 Å². The van der Waals surface area contributed by atoms with Gasteiger partial charge in [0.15, 0.2) is 5.69 Å². The number of aryl methyl sites for hydroxylation is 1. The van der Waals surface area contributed by atoms with Crippen molar-refractivity contribution in [3.63, 3.8) is 0 Å². The Labute approximate surface area is 169 Å². The number of primary amides is 2. The van der Waals surface area contributed by atoms with Crippen molar-refractivity contribution in [1.29, 1.82) is 0 Å². The number of nitrogens with one attached hydrogen (secondary N) is 1. The largest absolute Gasteiger partial charge is 0.364 e. The second-order valence-electron chi connectivity index (χ2n) is 6.75. The molecule has 2 aliphatic rings. The zero-order valence-corrected chi connectivity index (χ0v) is 16.4. The summed E-state index contributed by atoms with van der Waals surface area (Å²) < 4.78 is 1.83. The highest BCUT2D eigenvalue weighted by molar-refractivity contribution is 6.04. The number of benzene rings is 1. The lowest BCUT2D eigenvalue weighted by atomic mass is 9.71. The maximum atomic E-state index is 12.1. The first kappa shape index (κ1) is 21.2. The first-order chi connectivity index (χ1) is 12.0. The van der Waals surface area contributed by atoms with Gasteiger partial charge in [0, 0.05) is 6.54 Å². The molecule has 146 valence electrons. The molecule has 4 rings (SSSR count). The smallest absolute Gasteiger partial charge is 0.269 e. The number of halogens is 2. The van der Waals surface area contributed by atoms with Crippen LogP contribution in [0.15, 0.2) is 24.3 Å². The van der Waals surface area contributed by atoms with Crippen LogP contribution in [0.2, 0.25) is 0 Å². The Morgan fingerprint density at radius 1 is 1.07 bits per heavy atom. The molecule has 2 amide bonds. The highest BCUT2D eigenvalue weighted by Gasteiger charge is 2.44. The predicted octanol–water partition coefficient (Wildman–Crippen LogP) is 1.15. The Morgan fingerprint density at radius 2 is 1.74 bits per heavy atom. The van der Waals surface area contributed by atoms with Crippen LogP contribution in [-0.4, -0.2) is 34.5 Å². The van der Waals surface area contributed by atoms with Crippen LogP contribution in [0.1, 0.15) is 50.8 Å². The normalized spacial score (nSPS) is 16.9. The lowest BCUT2D eigenvalue weighted by Crippen LogP contribution is -2.42. The second kappa shape index (κ2) is 7.88. The Kier molecular flexibility index (Phi) is 6.19. The first-order valence-electron chi connectivity index (χ1n) is 8.54. The number of aromatic nitrogens is 2. The average Bonchev–Trinajstić information content (AvgIpc) is 2.96. The van der Waals surface area contributed by atoms with Crippen LogP contribution in [0.25, 0.3) is 0 Å². The quantitative estimate of drug-likeness (QED) is 0.686. The molecule has 1 aromatic carbocycles. The molecule has 0 aliphatic carbocycles. The van der Waals surface area contributed by atoms with Gasteiger partial charge in [-0.15, -0.1) is 24.8 Å². The van der Waals surface area contributed by atoms with Crippen LogP contribution < -0.4 is 16.8 Å². The molecule has 0 atom stereocenters. The average molecular weight is 412 g/mol. The van der Waals surface area contributed by atoms with Crippen molar-refractivity contribution >= 4 is 36.6 Å². The van der Waals surface area contributed by atoms with Crippen molar-refractivity contribution in [2.75, 3.05) is 13.1 Å². The molecule has 2 aromatic rings. The van der Waals surface area contributed by atoms with Gasteiger partial charge in [-0.25, -0.2) is 4.98 Å². The molecule has 3 heterocycles. The summed E-state index contributed by atoms with van der Waals surface area (Å²) in [6, 6.07) is 8.33. The fourth-order valence-electron chi connectivity index (χ4n) is 4.36. The van der Waals surface area contributed by atoms with Crippen molar-refractivity contribution in [3.05, 3.63) is 52.6 Å². The number of piperidine rings is 1. The van der Waals surface area contributed by atoms with E-state index < -0.39 is 11.8 Å². The fraction of sp³-hybridized carbons (Fsp3) is 0.389. The Morgan fingerprint density at radius 3 is 2.37 bits per heavy atom. The number of imidazole rings is 1. The summed E-state index contributed by atoms with van der Waals surface area (Å²) in [4.78, 5) is 28.5. The van der Waals surface area contributed by atoms with Gasteiger partial charge in [-0.3, -0.25) is 9.59 Å². The third-order valence-corrected chi connectivity index (χ3v) is 5.46. The highest BCUT2D eigenvalue weighted by Crippen LogP contribution is 2.43. The molecule has 1 aromatic heterocycles. The molecule has 1 fully saturated rings. The molecule has 0 saturated carbocycles. The van der Waals surface area contributed by atoms with E-state index in [9.17, 15) is 9.59 Å². The Hall–Kier alpha value is -2.09. The summed E-state index contributed by atoms with van der Waals surface area (Å²) >= 11 is 0. The van der Waals surface area contributed by atoms with E-state index in [1.165, 1.54) is 11.1 Å². The van der Waals surface area contributed by atoms with E-state index >= 15 is 0 Å². The van der Waals surface area contributed by atoms with Gasteiger partial charge in [-0.1, -0.05) is 24.3 Å². The lowest BCUT2D eigenvalue weighted by Gasteiger charge is -2.37. The van der Waals surface area contributed by atoms with Crippen molar-refractivity contribution in [2.24, 2.45) is 11.5 Å². The number of hydrogen-bond donors (Lipinski definition) is 3. The molecule has 5 N–H and O–H groups in total. The second-order valence-corrected chi connectivity index (χ2v) is 6.75. The number of fused-ring (bicyclic) bond motifs is 4. The standard InChI is InChI=1S/C18H21N5O2.2ClH/c19-15(24)13-14(16(20)25)23-10-5-11-3-1-2-4-12(11)18(17(23)22-13)6-8-21-9-7-18;;/h1-4,21H,5-10H2,(H2,19,24)(H2,20,25);2*1H. The van der Waals surface area contributed by atoms with Crippen LogP contribution in [0, 0.1) is 0 Å². The van der Waals surface area contributed by atoms with Crippen LogP contribution >= 0.6 is 24.8 Å². The molecule has 0 radical (unpaired) electrons. The third-order valence-electron chi connectivity index (χ3n) is 5.46. The van der Waals surface area contributed by atoms with Gasteiger partial charge >= 0.3 is 0 Å². The zero-order valence-electron chi connectivity index (χ0n) is 14.7. The molecule has 2 aliphatic heterocycles. The van der Waals surface area contributed by atoms with E-state index in [-0.39, 0.29) is 41.6 Å². The number of rotatable bonds is 2. The fourth-order valence-corrected chi connectivity index (χ4v) is 4.36. The topological polar surface area (TPSA) is 116 Å². The summed E-state index contributed by atoms with van der Waals surface area (Å²) in [7, 11) is 0. The molecule has 9 heteroatoms. The molecule has 0 unspecified atom stereocenters. The monoisotopic (exact) mass is 411 g/mol. The number of carbonyl (C=O) groups excluding carboxylic acids is 2. The highest BCUT2D eigenvalue weighted by atomic mass is 35.5. The number of amides is 2. The summed E-state index contributed by atoms with van der Waals surface area (Å²) in [5.41, 5.74) is 13.3. The third kappa shape index (κ3) is 3.20. The van der Waals surface area contributed by atoms with E-state index in [4.69, 9.17) is 11.5 Å². The van der Waals surface area contributed by atoms with E-state index in [0.717, 1.165) is 38.2 Å². The summed E-state index contributed by atoms with van der Waals surface area (Å²) in [6.45, 7) is 2.25. The zero-order chi connectivity index (χ0) is 17.6. The molecule has 27 heavy (non-hydrogen) atoms. The van der Waals surface area contributed by atoms with E-state index in [1.807, 2.05) is 16.7 Å². The number of nitrogens with two attached hydrogens (primary N) is 2. The number of nitrogens with zero attached hydrogens (tertiary/aromatic N) is 2. The molecular weight excluding hydrogens is 389 g/mol. The molecular formula is C18H23Cl2N5O2. The van der Waals surface area contributed by atoms with Crippen molar-refractivity contribution < 1.29 is 9.59 Å². The van der Waals surface area contributed by atoms with Crippen molar-refractivity contribution in [2.45, 2.75) is 31.2 Å². The van der Waals surface area contributed by atoms with Crippen molar-refractivity contribution in [3.8, 4) is 0 Å². The summed E-state index contributed by atoms with van der Waals surface area (Å²) in [5, 5.41) is 3.38. The van der Waals surface area contributed by atoms with Gasteiger partial charge in [-0.2, -0.15) is 0 Å². The van der Waals surface area contributed by atoms with Gasteiger partial charge in [-0.05, 0) is 43.5 Å². The molecule has 1 spiro atoms. The molecule has 0 bridgehead atoms. The SMILES string of the molecule is Cl.Cl.NC(=O)c1nc2n(c1C(N)=O)CCc1ccccc1C21CCNCC1. The lowest BCUT2D eigenvalue weighted by molar-refractivity contribution is 0.0959. The van der Waals surface area contributed by atoms with E-state index in [2.05, 4.69) is 22.4 Å². The Balaban J connectivity index is 0.00000131. The predicted molar refractivity (Wildman–Crippen MR) is 107 cm³/mol. The summed E-state index contributed by atoms with van der Waals surface area (Å²) in [5.74, 6) is -0.643. The maximum Gasteiger partial charge on any atom is 0.269 e. The van der Waals surface area contributed by atoms with E-state index in [1.54, 1.807) is 0 Å². The van der Waals surface area contributed by atoms with Gasteiger partial charge in [0.05, 0.1) is 5.41 Å². The minimum Gasteiger partial charge on any atom is -0.364 e. The minimum atomic E-state index is -0.716. The van der Waals surface area contributed by atoms with E-state index in [0.29, 0.717) is 6.54 Å². The van der Waals surface area contributed by atoms with Crippen molar-refractivity contribution in [1.82, 2.24) is 14.9 Å². The molecule has 1 saturated heterocycles. The van der Waals surface area contributed by atoms with Gasteiger partial charge in [0.25, 0.3) is 11.8 Å². The van der Waals surface area contributed by atoms with Gasteiger partial charge in [0.2, 0.25) is 0 Å². The van der Waals surface area contributed by atoms with Crippen LogP contribution in [0.5, 0.6) is 0 Å². The van der Waals surface area contributed by atoms with Crippen LogP contribution in [-0.2, 0) is 18.4 Å². The first-order valence-corrected chi connectivity index (χ1v) is 8.54. The maximum absolute atomic E-state index is 12.1. The molecule has 7 nitrogen and oxygen atoms in total.